The van der Waals surface area contributed by atoms with Gasteiger partial charge in [-0.15, -0.1) is 0 Å². The molecule has 3 amide bonds. The van der Waals surface area contributed by atoms with Crippen molar-refractivity contribution in [3.05, 3.63) is 18.2 Å². The van der Waals surface area contributed by atoms with Crippen LogP contribution in [0, 0.1) is 11.8 Å². The summed E-state index contributed by atoms with van der Waals surface area (Å²) in [5.41, 5.74) is 6.61. The highest BCUT2D eigenvalue weighted by molar-refractivity contribution is 5.94. The van der Waals surface area contributed by atoms with Gasteiger partial charge in [-0.2, -0.15) is 0 Å². The quantitative estimate of drug-likeness (QED) is 0.268. The first-order valence-corrected chi connectivity index (χ1v) is 9.80. The number of carboxylic acid groups (broad SMARTS) is 1. The van der Waals surface area contributed by atoms with Crippen LogP contribution < -0.4 is 21.7 Å². The van der Waals surface area contributed by atoms with E-state index in [4.69, 9.17) is 10.8 Å². The molecule has 0 fully saturated rings. The molecule has 1 aromatic heterocycles. The fourth-order valence-electron chi connectivity index (χ4n) is 2.66. The van der Waals surface area contributed by atoms with E-state index in [1.165, 1.54) is 13.3 Å². The molecule has 4 unspecified atom stereocenters. The molecule has 0 radical (unpaired) electrons. The van der Waals surface area contributed by atoms with E-state index in [2.05, 4.69) is 25.9 Å². The summed E-state index contributed by atoms with van der Waals surface area (Å²) < 4.78 is 0. The Bertz CT molecular complexity index is 734. The predicted octanol–water partition coefficient (Wildman–Crippen LogP) is -0.850. The van der Waals surface area contributed by atoms with Crippen LogP contribution in [0.15, 0.2) is 12.5 Å². The minimum absolute atomic E-state index is 0.225. The summed E-state index contributed by atoms with van der Waals surface area (Å²) in [6, 6.07) is -3.87. The maximum Gasteiger partial charge on any atom is 0.325 e. The molecule has 168 valence electrons. The Hall–Kier alpha value is -2.95. The van der Waals surface area contributed by atoms with Gasteiger partial charge in [0.05, 0.1) is 12.4 Å². The van der Waals surface area contributed by atoms with Crippen LogP contribution in [0.4, 0.5) is 0 Å². The van der Waals surface area contributed by atoms with Gasteiger partial charge in [0.25, 0.3) is 0 Å². The fourth-order valence-corrected chi connectivity index (χ4v) is 2.66. The Kier molecular flexibility index (Phi) is 9.44. The van der Waals surface area contributed by atoms with Gasteiger partial charge in [0.15, 0.2) is 0 Å². The third kappa shape index (κ3) is 7.47. The van der Waals surface area contributed by atoms with Gasteiger partial charge in [-0.3, -0.25) is 19.2 Å². The molecule has 0 saturated heterocycles. The lowest BCUT2D eigenvalue weighted by atomic mass is 9.99. The molecule has 0 spiro atoms. The van der Waals surface area contributed by atoms with E-state index >= 15 is 0 Å². The summed E-state index contributed by atoms with van der Waals surface area (Å²) in [6.45, 7) is 8.28. The van der Waals surface area contributed by atoms with Crippen molar-refractivity contribution < 1.29 is 24.3 Å². The van der Waals surface area contributed by atoms with Gasteiger partial charge in [0.2, 0.25) is 17.7 Å². The fraction of sp³-hybridized carbons (Fsp3) is 0.632. The van der Waals surface area contributed by atoms with Gasteiger partial charge in [-0.1, -0.05) is 27.7 Å². The van der Waals surface area contributed by atoms with E-state index in [-0.39, 0.29) is 18.3 Å². The second-order valence-electron chi connectivity index (χ2n) is 7.92. The Balaban J connectivity index is 2.81. The van der Waals surface area contributed by atoms with Crippen molar-refractivity contribution in [3.8, 4) is 0 Å². The van der Waals surface area contributed by atoms with Crippen molar-refractivity contribution in [3.63, 3.8) is 0 Å². The Labute approximate surface area is 175 Å². The van der Waals surface area contributed by atoms with Gasteiger partial charge in [0, 0.05) is 18.3 Å². The smallest absolute Gasteiger partial charge is 0.325 e. The van der Waals surface area contributed by atoms with Crippen LogP contribution in [0.2, 0.25) is 0 Å². The molecule has 0 aliphatic carbocycles. The maximum atomic E-state index is 12.8. The van der Waals surface area contributed by atoms with Crippen LogP contribution in [0.3, 0.4) is 0 Å². The number of carboxylic acids is 1. The number of hydrogen-bond acceptors (Lipinski definition) is 6. The molecule has 0 bridgehead atoms. The number of hydrogen-bond donors (Lipinski definition) is 6. The molecule has 30 heavy (non-hydrogen) atoms. The number of aromatic amines is 1. The molecule has 7 N–H and O–H groups in total. The summed E-state index contributed by atoms with van der Waals surface area (Å²) in [5.74, 6) is -3.44. The monoisotopic (exact) mass is 424 g/mol. The van der Waals surface area contributed by atoms with E-state index in [1.807, 2.05) is 0 Å². The lowest BCUT2D eigenvalue weighted by Crippen LogP contribution is -2.59. The minimum atomic E-state index is -1.18. The van der Waals surface area contributed by atoms with Gasteiger partial charge >= 0.3 is 5.97 Å². The number of H-pyrrole nitrogens is 1. The van der Waals surface area contributed by atoms with Crippen LogP contribution >= 0.6 is 0 Å². The van der Waals surface area contributed by atoms with Crippen molar-refractivity contribution in [2.24, 2.45) is 17.6 Å². The van der Waals surface area contributed by atoms with E-state index in [0.717, 1.165) is 0 Å². The summed E-state index contributed by atoms with van der Waals surface area (Å²) >= 11 is 0. The zero-order valence-electron chi connectivity index (χ0n) is 17.9. The molecular formula is C19H32N6O5. The highest BCUT2D eigenvalue weighted by atomic mass is 16.4. The largest absolute Gasteiger partial charge is 0.480 e. The molecule has 1 heterocycles. The van der Waals surface area contributed by atoms with E-state index in [0.29, 0.717) is 5.69 Å². The number of nitrogens with one attached hydrogen (secondary N) is 4. The Morgan fingerprint density at radius 2 is 1.47 bits per heavy atom. The number of nitrogens with two attached hydrogens (primary N) is 1. The molecule has 0 saturated carbocycles. The molecule has 0 aliphatic rings. The predicted molar refractivity (Wildman–Crippen MR) is 109 cm³/mol. The average molecular weight is 425 g/mol. The first-order valence-electron chi connectivity index (χ1n) is 9.80. The highest BCUT2D eigenvalue weighted by Gasteiger charge is 2.32. The van der Waals surface area contributed by atoms with Crippen molar-refractivity contribution in [2.75, 3.05) is 0 Å². The summed E-state index contributed by atoms with van der Waals surface area (Å²) in [4.78, 5) is 55.4. The molecule has 1 aromatic rings. The second kappa shape index (κ2) is 11.3. The minimum Gasteiger partial charge on any atom is -0.480 e. The van der Waals surface area contributed by atoms with E-state index < -0.39 is 47.9 Å². The van der Waals surface area contributed by atoms with Crippen molar-refractivity contribution >= 4 is 23.7 Å². The molecule has 4 atom stereocenters. The van der Waals surface area contributed by atoms with Crippen molar-refractivity contribution in [2.45, 2.75) is 65.2 Å². The van der Waals surface area contributed by atoms with Gasteiger partial charge in [0.1, 0.15) is 18.1 Å². The average Bonchev–Trinajstić information content (AvgIpc) is 3.15. The first kappa shape index (κ1) is 25.1. The van der Waals surface area contributed by atoms with Crippen LogP contribution in [-0.2, 0) is 25.6 Å². The summed E-state index contributed by atoms with van der Waals surface area (Å²) in [6.07, 6.45) is 3.26. The molecule has 11 nitrogen and oxygen atoms in total. The SMILES string of the molecule is CC(NC(=O)C(NC(=O)C(NC(=O)C(N)Cc1cnc[nH]1)C(C)C)C(C)C)C(=O)O. The molecule has 0 aliphatic heterocycles. The number of aliphatic carboxylic acids is 1. The first-order chi connectivity index (χ1) is 13.9. The number of aromatic nitrogens is 2. The van der Waals surface area contributed by atoms with E-state index in [1.54, 1.807) is 33.9 Å². The number of imidazole rings is 1. The van der Waals surface area contributed by atoms with Crippen LogP contribution in [0.5, 0.6) is 0 Å². The second-order valence-corrected chi connectivity index (χ2v) is 7.92. The van der Waals surface area contributed by atoms with Gasteiger partial charge in [-0.25, -0.2) is 4.98 Å². The topological polar surface area (TPSA) is 179 Å². The summed E-state index contributed by atoms with van der Waals surface area (Å²) in [5, 5.41) is 16.6. The van der Waals surface area contributed by atoms with E-state index in [9.17, 15) is 19.2 Å². The molecule has 11 heteroatoms. The number of amides is 3. The molecular weight excluding hydrogens is 392 g/mol. The highest BCUT2D eigenvalue weighted by Crippen LogP contribution is 2.08. The Morgan fingerprint density at radius 1 is 0.967 bits per heavy atom. The zero-order chi connectivity index (χ0) is 23.0. The standard InChI is InChI=1S/C19H32N6O5/c1-9(2)14(17(27)23-11(5)19(29)30)25-18(28)15(10(3)4)24-16(26)13(20)6-12-7-21-8-22-12/h7-11,13-15H,6,20H2,1-5H3,(H,21,22)(H,23,27)(H,24,26)(H,25,28)(H,29,30). The van der Waals surface area contributed by atoms with Crippen molar-refractivity contribution in [1.82, 2.24) is 25.9 Å². The number of carbonyl (C=O) groups excluding carboxylic acids is 3. The number of rotatable bonds is 11. The Morgan fingerprint density at radius 3 is 1.90 bits per heavy atom. The molecule has 0 aromatic carbocycles. The van der Waals surface area contributed by atoms with Gasteiger partial charge in [-0.05, 0) is 18.8 Å². The third-order valence-corrected chi connectivity index (χ3v) is 4.55. The lowest BCUT2D eigenvalue weighted by molar-refractivity contribution is -0.142. The van der Waals surface area contributed by atoms with Crippen LogP contribution in [0.1, 0.15) is 40.3 Å². The maximum absolute atomic E-state index is 12.8. The number of carbonyl (C=O) groups is 4. The molecule has 1 rings (SSSR count). The number of nitrogens with zero attached hydrogens (tertiary/aromatic N) is 1. The van der Waals surface area contributed by atoms with Crippen molar-refractivity contribution in [1.29, 1.82) is 0 Å². The normalized spacial score (nSPS) is 15.2. The summed E-state index contributed by atoms with van der Waals surface area (Å²) in [7, 11) is 0. The van der Waals surface area contributed by atoms with Crippen LogP contribution in [0.25, 0.3) is 0 Å². The lowest BCUT2D eigenvalue weighted by Gasteiger charge is -2.28. The van der Waals surface area contributed by atoms with Gasteiger partial charge < -0.3 is 31.8 Å². The third-order valence-electron chi connectivity index (χ3n) is 4.55. The van der Waals surface area contributed by atoms with Crippen LogP contribution in [-0.4, -0.2) is 62.9 Å². The zero-order valence-corrected chi connectivity index (χ0v) is 17.9.